The molecular weight excluding hydrogens is 266 g/mol. The molecule has 1 fully saturated rings. The van der Waals surface area contributed by atoms with Crippen molar-refractivity contribution in [3.8, 4) is 0 Å². The molecule has 0 radical (unpaired) electrons. The summed E-state index contributed by atoms with van der Waals surface area (Å²) in [6.45, 7) is 9.88. The summed E-state index contributed by atoms with van der Waals surface area (Å²) < 4.78 is 0. The van der Waals surface area contributed by atoms with E-state index in [4.69, 9.17) is 0 Å². The largest absolute Gasteiger partial charge is 0.348 e. The Labute approximate surface area is 127 Å². The van der Waals surface area contributed by atoms with Crippen molar-refractivity contribution in [1.82, 2.24) is 10.3 Å². The van der Waals surface area contributed by atoms with Gasteiger partial charge in [0.05, 0.1) is 0 Å². The second-order valence-corrected chi connectivity index (χ2v) is 8.34. The Morgan fingerprint density at radius 2 is 2.15 bits per heavy atom. The van der Waals surface area contributed by atoms with E-state index in [0.29, 0.717) is 6.04 Å². The highest BCUT2D eigenvalue weighted by Crippen LogP contribution is 2.31. The van der Waals surface area contributed by atoms with Gasteiger partial charge in [0.15, 0.2) is 5.13 Å². The Kier molecular flexibility index (Phi) is 5.08. The highest BCUT2D eigenvalue weighted by Gasteiger charge is 2.24. The minimum atomic E-state index is 0.162. The Hall–Kier alpha value is -0.610. The number of rotatable bonds is 4. The summed E-state index contributed by atoms with van der Waals surface area (Å²) in [5.74, 6) is 0.859. The van der Waals surface area contributed by atoms with E-state index in [1.54, 1.807) is 0 Å². The van der Waals surface area contributed by atoms with Crippen LogP contribution in [0, 0.1) is 5.92 Å². The minimum Gasteiger partial charge on any atom is -0.348 e. The van der Waals surface area contributed by atoms with Gasteiger partial charge in [-0.15, -0.1) is 11.3 Å². The third-order valence-corrected chi connectivity index (χ3v) is 5.18. The fraction of sp³-hybridized carbons (Fsp3) is 0.812. The molecule has 1 aliphatic rings. The summed E-state index contributed by atoms with van der Waals surface area (Å²) >= 11 is 1.83. The molecule has 0 aromatic carbocycles. The number of aromatic nitrogens is 1. The summed E-state index contributed by atoms with van der Waals surface area (Å²) in [5, 5.41) is 4.70. The van der Waals surface area contributed by atoms with Gasteiger partial charge in [-0.25, -0.2) is 4.98 Å². The first kappa shape index (κ1) is 15.8. The molecule has 1 N–H and O–H groups in total. The van der Waals surface area contributed by atoms with E-state index in [-0.39, 0.29) is 5.54 Å². The monoisotopic (exact) mass is 295 g/mol. The Morgan fingerprint density at radius 3 is 2.80 bits per heavy atom. The van der Waals surface area contributed by atoms with E-state index in [9.17, 15) is 0 Å². The lowest BCUT2D eigenvalue weighted by atomic mass is 9.86. The zero-order valence-corrected chi connectivity index (χ0v) is 14.4. The van der Waals surface area contributed by atoms with Crippen molar-refractivity contribution in [2.75, 3.05) is 11.9 Å². The molecular formula is C16H29N3S. The van der Waals surface area contributed by atoms with Crippen molar-refractivity contribution >= 4 is 16.5 Å². The average molecular weight is 295 g/mol. The van der Waals surface area contributed by atoms with Crippen molar-refractivity contribution in [2.24, 2.45) is 5.92 Å². The molecule has 4 heteroatoms. The molecule has 3 nitrogen and oxygen atoms in total. The van der Waals surface area contributed by atoms with Gasteiger partial charge in [-0.05, 0) is 39.5 Å². The van der Waals surface area contributed by atoms with Gasteiger partial charge in [-0.3, -0.25) is 0 Å². The van der Waals surface area contributed by atoms with Gasteiger partial charge >= 0.3 is 0 Å². The lowest BCUT2D eigenvalue weighted by molar-refractivity contribution is 0.336. The Bertz CT molecular complexity index is 422. The highest BCUT2D eigenvalue weighted by atomic mass is 32.1. The van der Waals surface area contributed by atoms with Gasteiger partial charge < -0.3 is 10.2 Å². The molecule has 2 unspecified atom stereocenters. The zero-order chi connectivity index (χ0) is 14.8. The van der Waals surface area contributed by atoms with Crippen LogP contribution in [-0.4, -0.2) is 23.6 Å². The van der Waals surface area contributed by atoms with Crippen LogP contribution in [0.15, 0.2) is 6.20 Å². The topological polar surface area (TPSA) is 28.2 Å². The molecule has 1 heterocycles. The smallest absolute Gasteiger partial charge is 0.185 e. The maximum atomic E-state index is 4.62. The molecule has 1 aliphatic carbocycles. The van der Waals surface area contributed by atoms with Crippen LogP contribution in [0.3, 0.4) is 0 Å². The molecule has 114 valence electrons. The first-order valence-electron chi connectivity index (χ1n) is 7.78. The zero-order valence-electron chi connectivity index (χ0n) is 13.6. The number of nitrogens with zero attached hydrogens (tertiary/aromatic N) is 2. The number of hydrogen-bond acceptors (Lipinski definition) is 4. The Balaban J connectivity index is 1.93. The minimum absolute atomic E-state index is 0.162. The van der Waals surface area contributed by atoms with Crippen LogP contribution in [0.1, 0.15) is 58.3 Å². The molecule has 0 aliphatic heterocycles. The molecule has 1 saturated carbocycles. The van der Waals surface area contributed by atoms with Gasteiger partial charge in [0.2, 0.25) is 0 Å². The first-order valence-corrected chi connectivity index (χ1v) is 8.59. The molecule has 0 saturated heterocycles. The van der Waals surface area contributed by atoms with Crippen LogP contribution in [0.5, 0.6) is 0 Å². The number of anilines is 1. The van der Waals surface area contributed by atoms with Gasteiger partial charge in [-0.1, -0.05) is 19.8 Å². The number of hydrogen-bond donors (Lipinski definition) is 1. The van der Waals surface area contributed by atoms with Crippen molar-refractivity contribution in [3.05, 3.63) is 11.1 Å². The predicted octanol–water partition coefficient (Wildman–Crippen LogP) is 4.05. The van der Waals surface area contributed by atoms with Crippen LogP contribution in [0.25, 0.3) is 0 Å². The molecule has 0 amide bonds. The average Bonchev–Trinajstić information content (AvgIpc) is 2.83. The third-order valence-electron chi connectivity index (χ3n) is 4.09. The van der Waals surface area contributed by atoms with Crippen LogP contribution in [0.2, 0.25) is 0 Å². The van der Waals surface area contributed by atoms with Gasteiger partial charge in [0.1, 0.15) is 0 Å². The molecule has 0 bridgehead atoms. The summed E-state index contributed by atoms with van der Waals surface area (Å²) in [6, 6.07) is 0.674. The van der Waals surface area contributed by atoms with E-state index in [1.165, 1.54) is 35.7 Å². The standard InChI is InChI=1S/C16H29N3S/c1-12-7-6-8-13(9-12)19(5)15-17-10-14(20-15)11-18-16(2,3)4/h10,12-13,18H,6-9,11H2,1-5H3. The normalized spacial score (nSPS) is 23.9. The van der Waals surface area contributed by atoms with Crippen molar-refractivity contribution < 1.29 is 0 Å². The van der Waals surface area contributed by atoms with Crippen LogP contribution < -0.4 is 10.2 Å². The first-order chi connectivity index (χ1) is 9.35. The molecule has 0 spiro atoms. The number of nitrogens with one attached hydrogen (secondary N) is 1. The lowest BCUT2D eigenvalue weighted by Crippen LogP contribution is -2.35. The SMILES string of the molecule is CC1CCCC(N(C)c2ncc(CNC(C)(C)C)s2)C1. The van der Waals surface area contributed by atoms with Crippen molar-refractivity contribution in [3.63, 3.8) is 0 Å². The number of thiazole rings is 1. The van der Waals surface area contributed by atoms with E-state index < -0.39 is 0 Å². The molecule has 20 heavy (non-hydrogen) atoms. The fourth-order valence-electron chi connectivity index (χ4n) is 2.80. The van der Waals surface area contributed by atoms with Crippen LogP contribution in [-0.2, 0) is 6.54 Å². The predicted molar refractivity (Wildman–Crippen MR) is 88.5 cm³/mol. The van der Waals surface area contributed by atoms with Crippen molar-refractivity contribution in [1.29, 1.82) is 0 Å². The van der Waals surface area contributed by atoms with Crippen molar-refractivity contribution in [2.45, 2.75) is 71.5 Å². The summed E-state index contributed by atoms with van der Waals surface area (Å²) in [6.07, 6.45) is 7.41. The Morgan fingerprint density at radius 1 is 1.40 bits per heavy atom. The van der Waals surface area contributed by atoms with E-state index in [0.717, 1.165) is 12.5 Å². The summed E-state index contributed by atoms with van der Waals surface area (Å²) in [4.78, 5) is 8.35. The maximum Gasteiger partial charge on any atom is 0.185 e. The summed E-state index contributed by atoms with van der Waals surface area (Å²) in [5.41, 5.74) is 0.162. The molecule has 2 rings (SSSR count). The van der Waals surface area contributed by atoms with Gasteiger partial charge in [-0.2, -0.15) is 0 Å². The van der Waals surface area contributed by atoms with Crippen LogP contribution in [0.4, 0.5) is 5.13 Å². The molecule has 1 aromatic heterocycles. The maximum absolute atomic E-state index is 4.62. The molecule has 2 atom stereocenters. The van der Waals surface area contributed by atoms with E-state index in [2.05, 4.69) is 49.9 Å². The molecule has 1 aromatic rings. The van der Waals surface area contributed by atoms with Gasteiger partial charge in [0.25, 0.3) is 0 Å². The lowest BCUT2D eigenvalue weighted by Gasteiger charge is -2.33. The highest BCUT2D eigenvalue weighted by molar-refractivity contribution is 7.15. The summed E-state index contributed by atoms with van der Waals surface area (Å²) in [7, 11) is 2.21. The van der Waals surface area contributed by atoms with Gasteiger partial charge in [0, 0.05) is 36.2 Å². The van der Waals surface area contributed by atoms with E-state index >= 15 is 0 Å². The second kappa shape index (κ2) is 6.44. The van der Waals surface area contributed by atoms with Crippen LogP contribution >= 0.6 is 11.3 Å². The third kappa shape index (κ3) is 4.45. The van der Waals surface area contributed by atoms with E-state index in [1.807, 2.05) is 17.5 Å². The fourth-order valence-corrected chi connectivity index (χ4v) is 3.69. The second-order valence-electron chi connectivity index (χ2n) is 7.25. The quantitative estimate of drug-likeness (QED) is 0.908.